The number of benzene rings is 9. The van der Waals surface area contributed by atoms with E-state index < -0.39 is 0 Å². The van der Waals surface area contributed by atoms with Crippen molar-refractivity contribution in [2.75, 3.05) is 0 Å². The standard InChI is InChI=1S/C58H35N5S/c1-8-26-45-36(17-1)37-18-2-9-27-46(37)61(45)51-32-15-24-43(42-25-16-34-53-56(42)44-23-7-14-33-52(44)64-53)57(51)58-59-54(62-47-28-10-3-19-38(47)39-20-4-11-29-48(39)62)35-55(60-58)63-49-30-12-5-21-40(49)41-22-6-13-31-50(41)63/h1-35H/i3D,10D,19D,28D. The molecular formula is C58H35N5S. The van der Waals surface area contributed by atoms with Crippen LogP contribution in [0.2, 0.25) is 0 Å². The van der Waals surface area contributed by atoms with Gasteiger partial charge >= 0.3 is 0 Å². The van der Waals surface area contributed by atoms with E-state index in [1.165, 1.54) is 14.8 Å². The van der Waals surface area contributed by atoms with Gasteiger partial charge in [-0.25, -0.2) is 9.97 Å². The van der Waals surface area contributed by atoms with Gasteiger partial charge in [-0.2, -0.15) is 0 Å². The second kappa shape index (κ2) is 13.6. The van der Waals surface area contributed by atoms with Gasteiger partial charge in [-0.3, -0.25) is 9.13 Å². The Labute approximate surface area is 376 Å². The molecule has 0 saturated carbocycles. The summed E-state index contributed by atoms with van der Waals surface area (Å²) in [5.74, 6) is 1.52. The summed E-state index contributed by atoms with van der Waals surface area (Å²) in [5.41, 5.74) is 8.80. The second-order valence-electron chi connectivity index (χ2n) is 16.2. The molecule has 0 aliphatic carbocycles. The lowest BCUT2D eigenvalue weighted by atomic mass is 9.93. The Morgan fingerprint density at radius 3 is 1.44 bits per heavy atom. The van der Waals surface area contributed by atoms with Crippen LogP contribution in [0.5, 0.6) is 0 Å². The summed E-state index contributed by atoms with van der Waals surface area (Å²) in [6.45, 7) is 0. The first kappa shape index (κ1) is 31.5. The van der Waals surface area contributed by atoms with E-state index in [4.69, 9.17) is 12.7 Å². The van der Waals surface area contributed by atoms with E-state index in [1.54, 1.807) is 11.3 Å². The molecule has 5 heterocycles. The highest BCUT2D eigenvalue weighted by atomic mass is 32.1. The molecule has 5 nitrogen and oxygen atoms in total. The summed E-state index contributed by atoms with van der Waals surface area (Å²) in [5, 5.41) is 7.90. The summed E-state index contributed by atoms with van der Waals surface area (Å²) in [6.07, 6.45) is 0. The molecule has 0 atom stereocenters. The molecule has 6 heteroatoms. The highest BCUT2D eigenvalue weighted by Crippen LogP contribution is 2.46. The van der Waals surface area contributed by atoms with Crippen molar-refractivity contribution in [3.63, 3.8) is 0 Å². The number of hydrogen-bond donors (Lipinski definition) is 0. The van der Waals surface area contributed by atoms with Crippen molar-refractivity contribution in [1.29, 1.82) is 0 Å². The predicted octanol–water partition coefficient (Wildman–Crippen LogP) is 15.5. The highest BCUT2D eigenvalue weighted by Gasteiger charge is 2.25. The van der Waals surface area contributed by atoms with Crippen molar-refractivity contribution in [2.45, 2.75) is 0 Å². The van der Waals surface area contributed by atoms with Gasteiger partial charge in [0.15, 0.2) is 5.82 Å². The maximum absolute atomic E-state index is 9.47. The van der Waals surface area contributed by atoms with Crippen LogP contribution in [0.3, 0.4) is 0 Å². The van der Waals surface area contributed by atoms with E-state index in [1.807, 2.05) is 47.0 Å². The molecule has 0 radical (unpaired) electrons. The Morgan fingerprint density at radius 2 is 0.828 bits per heavy atom. The van der Waals surface area contributed by atoms with E-state index in [0.717, 1.165) is 71.4 Å². The average molecular weight is 838 g/mol. The number of para-hydroxylation sites is 6. The minimum absolute atomic E-state index is 0.0945. The van der Waals surface area contributed by atoms with Gasteiger partial charge in [-0.15, -0.1) is 11.3 Å². The van der Waals surface area contributed by atoms with Crippen LogP contribution < -0.4 is 0 Å². The first-order valence-electron chi connectivity index (χ1n) is 23.3. The first-order valence-corrected chi connectivity index (χ1v) is 22.2. The van der Waals surface area contributed by atoms with E-state index >= 15 is 0 Å². The third-order valence-corrected chi connectivity index (χ3v) is 14.0. The fourth-order valence-corrected chi connectivity index (χ4v) is 11.3. The smallest absolute Gasteiger partial charge is 0.166 e. The van der Waals surface area contributed by atoms with Crippen LogP contribution in [0.1, 0.15) is 5.48 Å². The van der Waals surface area contributed by atoms with Crippen LogP contribution in [0.4, 0.5) is 0 Å². The van der Waals surface area contributed by atoms with Gasteiger partial charge < -0.3 is 4.57 Å². The van der Waals surface area contributed by atoms with Gasteiger partial charge in [-0.05, 0) is 65.7 Å². The van der Waals surface area contributed by atoms with E-state index in [-0.39, 0.29) is 24.2 Å². The summed E-state index contributed by atoms with van der Waals surface area (Å²) < 4.78 is 45.2. The van der Waals surface area contributed by atoms with Crippen molar-refractivity contribution < 1.29 is 5.48 Å². The molecule has 0 N–H and O–H groups in total. The van der Waals surface area contributed by atoms with Crippen molar-refractivity contribution >= 4 is 96.9 Å². The number of hydrogen-bond acceptors (Lipinski definition) is 3. The summed E-state index contributed by atoms with van der Waals surface area (Å²) in [6, 6.07) is 64.2. The molecule has 0 bridgehead atoms. The van der Waals surface area contributed by atoms with E-state index in [2.05, 4.69) is 155 Å². The molecule has 0 fully saturated rings. The van der Waals surface area contributed by atoms with Crippen molar-refractivity contribution in [3.05, 3.63) is 212 Å². The molecule has 0 unspecified atom stereocenters. The van der Waals surface area contributed by atoms with Crippen LogP contribution in [0.15, 0.2) is 212 Å². The number of thiophene rings is 1. The minimum Gasteiger partial charge on any atom is -0.308 e. The van der Waals surface area contributed by atoms with Crippen LogP contribution in [-0.2, 0) is 0 Å². The van der Waals surface area contributed by atoms with E-state index in [0.29, 0.717) is 39.3 Å². The number of aromatic nitrogens is 5. The van der Waals surface area contributed by atoms with Gasteiger partial charge in [0.1, 0.15) is 11.6 Å². The molecule has 5 aromatic heterocycles. The van der Waals surface area contributed by atoms with Crippen molar-refractivity contribution in [3.8, 4) is 39.8 Å². The SMILES string of the molecule is [2H]c1c([2H])c([2H])c2c(c1[2H])c1ccccc1n2-c1cc(-n2c3ccccc3c3ccccc32)nc(-c2c(-c3cccc4sc5ccccc5c34)cccc2-n2c3ccccc3c3ccccc32)n1. The van der Waals surface area contributed by atoms with Crippen LogP contribution >= 0.6 is 11.3 Å². The predicted molar refractivity (Wildman–Crippen MR) is 269 cm³/mol. The molecule has 0 amide bonds. The first-order chi connectivity index (χ1) is 33.4. The normalized spacial score (nSPS) is 12.9. The molecule has 64 heavy (non-hydrogen) atoms. The zero-order valence-corrected chi connectivity index (χ0v) is 34.9. The fourth-order valence-electron chi connectivity index (χ4n) is 10.2. The van der Waals surface area contributed by atoms with Gasteiger partial charge in [0.05, 0.1) is 49.8 Å². The molecule has 0 aliphatic heterocycles. The third kappa shape index (κ3) is 5.00. The Bertz CT molecular complexity index is 4360. The van der Waals surface area contributed by atoms with Gasteiger partial charge in [0.2, 0.25) is 0 Å². The monoisotopic (exact) mass is 837 g/mol. The molecular weight excluding hydrogens is 799 g/mol. The topological polar surface area (TPSA) is 40.6 Å². The van der Waals surface area contributed by atoms with Crippen molar-refractivity contribution in [1.82, 2.24) is 23.7 Å². The Balaban J connectivity index is 1.19. The van der Waals surface area contributed by atoms with E-state index in [9.17, 15) is 2.74 Å². The Kier molecular flexibility index (Phi) is 6.69. The largest absolute Gasteiger partial charge is 0.308 e. The van der Waals surface area contributed by atoms with Crippen LogP contribution in [-0.4, -0.2) is 23.7 Å². The lowest BCUT2D eigenvalue weighted by molar-refractivity contribution is 0.991. The molecule has 0 aliphatic rings. The molecule has 298 valence electrons. The fraction of sp³-hybridized carbons (Fsp3) is 0. The zero-order chi connectivity index (χ0) is 45.4. The average Bonchev–Trinajstić information content (AvgIpc) is 4.14. The molecule has 0 spiro atoms. The zero-order valence-electron chi connectivity index (χ0n) is 38.0. The Morgan fingerprint density at radius 1 is 0.375 bits per heavy atom. The third-order valence-electron chi connectivity index (χ3n) is 12.8. The lowest BCUT2D eigenvalue weighted by Crippen LogP contribution is -2.08. The van der Waals surface area contributed by atoms with Gasteiger partial charge in [0, 0.05) is 58.6 Å². The van der Waals surface area contributed by atoms with Gasteiger partial charge in [0.25, 0.3) is 0 Å². The summed E-state index contributed by atoms with van der Waals surface area (Å²) in [7, 11) is 0. The maximum atomic E-state index is 9.47. The Hall–Kier alpha value is -8.32. The van der Waals surface area contributed by atoms with Crippen LogP contribution in [0, 0.1) is 0 Å². The number of nitrogens with zero attached hydrogens (tertiary/aromatic N) is 5. The highest BCUT2D eigenvalue weighted by molar-refractivity contribution is 7.25. The number of fused-ring (bicyclic) bond motifs is 12. The minimum atomic E-state index is -0.307. The number of rotatable bonds is 5. The maximum Gasteiger partial charge on any atom is 0.166 e. The van der Waals surface area contributed by atoms with Crippen molar-refractivity contribution in [2.24, 2.45) is 0 Å². The molecule has 14 rings (SSSR count). The molecule has 9 aromatic carbocycles. The summed E-state index contributed by atoms with van der Waals surface area (Å²) >= 11 is 1.78. The summed E-state index contributed by atoms with van der Waals surface area (Å²) in [4.78, 5) is 11.4. The second-order valence-corrected chi connectivity index (χ2v) is 17.3. The lowest BCUT2D eigenvalue weighted by Gasteiger charge is -2.20. The molecule has 14 aromatic rings. The quantitative estimate of drug-likeness (QED) is 0.173. The molecule has 0 saturated heterocycles. The van der Waals surface area contributed by atoms with Crippen LogP contribution in [0.25, 0.3) is 125 Å². The van der Waals surface area contributed by atoms with Gasteiger partial charge in [-0.1, -0.05) is 152 Å².